The van der Waals surface area contributed by atoms with Gasteiger partial charge in [0.2, 0.25) is 0 Å². The SMILES string of the molecule is CC1(C)CC(NC(=O)c2ccc(N)c(Br)c2)CCO1. The van der Waals surface area contributed by atoms with Crippen LogP contribution in [0.15, 0.2) is 22.7 Å². The fraction of sp³-hybridized carbons (Fsp3) is 0.500. The lowest BCUT2D eigenvalue weighted by atomic mass is 9.94. The topological polar surface area (TPSA) is 64.4 Å². The van der Waals surface area contributed by atoms with Crippen molar-refractivity contribution < 1.29 is 9.53 Å². The van der Waals surface area contributed by atoms with E-state index < -0.39 is 0 Å². The Balaban J connectivity index is 2.02. The van der Waals surface area contributed by atoms with E-state index in [0.29, 0.717) is 17.9 Å². The summed E-state index contributed by atoms with van der Waals surface area (Å²) >= 11 is 3.33. The van der Waals surface area contributed by atoms with Crippen molar-refractivity contribution in [3.05, 3.63) is 28.2 Å². The smallest absolute Gasteiger partial charge is 0.251 e. The Hall–Kier alpha value is -1.07. The molecule has 1 saturated heterocycles. The Bertz CT molecular complexity index is 488. The van der Waals surface area contributed by atoms with Gasteiger partial charge in [-0.15, -0.1) is 0 Å². The van der Waals surface area contributed by atoms with Gasteiger partial charge in [0.25, 0.3) is 5.91 Å². The number of nitrogen functional groups attached to an aromatic ring is 1. The van der Waals surface area contributed by atoms with Gasteiger partial charge in [-0.2, -0.15) is 0 Å². The second-order valence-corrected chi connectivity index (χ2v) is 6.36. The van der Waals surface area contributed by atoms with Crippen molar-refractivity contribution in [3.63, 3.8) is 0 Å². The quantitative estimate of drug-likeness (QED) is 0.821. The van der Waals surface area contributed by atoms with Crippen LogP contribution in [0, 0.1) is 0 Å². The van der Waals surface area contributed by atoms with Crippen molar-refractivity contribution in [1.29, 1.82) is 0 Å². The van der Waals surface area contributed by atoms with Crippen molar-refractivity contribution in [1.82, 2.24) is 5.32 Å². The first-order chi connectivity index (χ1) is 8.87. The fourth-order valence-corrected chi connectivity index (χ4v) is 2.67. The summed E-state index contributed by atoms with van der Waals surface area (Å²) in [5.74, 6) is -0.0663. The molecule has 1 aliphatic rings. The van der Waals surface area contributed by atoms with Crippen LogP contribution in [0.5, 0.6) is 0 Å². The van der Waals surface area contributed by atoms with Gasteiger partial charge in [-0.1, -0.05) is 0 Å². The minimum absolute atomic E-state index is 0.0663. The summed E-state index contributed by atoms with van der Waals surface area (Å²) < 4.78 is 6.39. The number of hydrogen-bond acceptors (Lipinski definition) is 3. The molecule has 1 heterocycles. The normalized spacial score (nSPS) is 21.9. The van der Waals surface area contributed by atoms with Crippen molar-refractivity contribution in [3.8, 4) is 0 Å². The van der Waals surface area contributed by atoms with Crippen LogP contribution in [0.25, 0.3) is 0 Å². The molecule has 1 amide bonds. The highest BCUT2D eigenvalue weighted by molar-refractivity contribution is 9.10. The maximum absolute atomic E-state index is 12.2. The van der Waals surface area contributed by atoms with Gasteiger partial charge in [0, 0.05) is 28.4 Å². The van der Waals surface area contributed by atoms with E-state index in [9.17, 15) is 4.79 Å². The van der Waals surface area contributed by atoms with Crippen LogP contribution < -0.4 is 11.1 Å². The minimum Gasteiger partial charge on any atom is -0.398 e. The van der Waals surface area contributed by atoms with Crippen LogP contribution in [0.1, 0.15) is 37.0 Å². The molecule has 0 radical (unpaired) electrons. The molecular weight excluding hydrogens is 308 g/mol. The maximum atomic E-state index is 12.2. The summed E-state index contributed by atoms with van der Waals surface area (Å²) in [6.07, 6.45) is 1.68. The van der Waals surface area contributed by atoms with E-state index >= 15 is 0 Å². The molecule has 1 fully saturated rings. The van der Waals surface area contributed by atoms with Crippen LogP contribution in [0.4, 0.5) is 5.69 Å². The summed E-state index contributed by atoms with van der Waals surface area (Å²) in [5, 5.41) is 3.06. The summed E-state index contributed by atoms with van der Waals surface area (Å²) in [4.78, 5) is 12.2. The minimum atomic E-state index is -0.169. The monoisotopic (exact) mass is 326 g/mol. The molecule has 0 spiro atoms. The number of nitrogens with two attached hydrogens (primary N) is 1. The van der Waals surface area contributed by atoms with Crippen molar-refractivity contribution in [2.24, 2.45) is 0 Å². The molecule has 0 bridgehead atoms. The Morgan fingerprint density at radius 2 is 2.26 bits per heavy atom. The molecule has 3 N–H and O–H groups in total. The van der Waals surface area contributed by atoms with Gasteiger partial charge in [-0.05, 0) is 60.8 Å². The third-order valence-electron chi connectivity index (χ3n) is 3.29. The van der Waals surface area contributed by atoms with E-state index in [1.165, 1.54) is 0 Å². The zero-order valence-corrected chi connectivity index (χ0v) is 12.8. The molecule has 19 heavy (non-hydrogen) atoms. The summed E-state index contributed by atoms with van der Waals surface area (Å²) in [6, 6.07) is 5.37. The van der Waals surface area contributed by atoms with Crippen molar-refractivity contribution in [2.45, 2.75) is 38.3 Å². The van der Waals surface area contributed by atoms with Gasteiger partial charge >= 0.3 is 0 Å². The highest BCUT2D eigenvalue weighted by Crippen LogP contribution is 2.25. The van der Waals surface area contributed by atoms with E-state index in [1.807, 2.05) is 13.8 Å². The van der Waals surface area contributed by atoms with E-state index in [2.05, 4.69) is 21.2 Å². The highest BCUT2D eigenvalue weighted by atomic mass is 79.9. The lowest BCUT2D eigenvalue weighted by molar-refractivity contribution is -0.0615. The Kier molecular flexibility index (Phi) is 4.16. The standard InChI is InChI=1S/C14H19BrN2O2/c1-14(2)8-10(5-6-19-14)17-13(18)9-3-4-12(16)11(15)7-9/h3-4,7,10H,5-6,8,16H2,1-2H3,(H,17,18). The number of carbonyl (C=O) groups excluding carboxylic acids is 1. The maximum Gasteiger partial charge on any atom is 0.251 e. The molecule has 1 atom stereocenters. The largest absolute Gasteiger partial charge is 0.398 e. The first-order valence-electron chi connectivity index (χ1n) is 6.37. The number of hydrogen-bond donors (Lipinski definition) is 2. The van der Waals surface area contributed by atoms with Crippen LogP contribution in [-0.4, -0.2) is 24.2 Å². The number of halogens is 1. The van der Waals surface area contributed by atoms with Gasteiger partial charge < -0.3 is 15.8 Å². The van der Waals surface area contributed by atoms with Crippen molar-refractivity contribution >= 4 is 27.5 Å². The average Bonchev–Trinajstić information content (AvgIpc) is 2.31. The molecule has 5 heteroatoms. The molecule has 104 valence electrons. The van der Waals surface area contributed by atoms with E-state index in [0.717, 1.165) is 17.3 Å². The predicted octanol–water partition coefficient (Wildman–Crippen LogP) is 2.72. The lowest BCUT2D eigenvalue weighted by Gasteiger charge is -2.35. The summed E-state index contributed by atoms with van der Waals surface area (Å²) in [6.45, 7) is 4.78. The second-order valence-electron chi connectivity index (χ2n) is 5.51. The number of anilines is 1. The Morgan fingerprint density at radius 1 is 1.53 bits per heavy atom. The molecule has 0 aliphatic carbocycles. The number of amides is 1. The van der Waals surface area contributed by atoms with Crippen molar-refractivity contribution in [2.75, 3.05) is 12.3 Å². The molecule has 2 rings (SSSR count). The molecule has 0 saturated carbocycles. The Labute approximate surface area is 121 Å². The van der Waals surface area contributed by atoms with Gasteiger partial charge in [-0.3, -0.25) is 4.79 Å². The fourth-order valence-electron chi connectivity index (χ4n) is 2.29. The Morgan fingerprint density at radius 3 is 2.89 bits per heavy atom. The molecule has 1 aromatic rings. The van der Waals surface area contributed by atoms with Crippen LogP contribution in [0.2, 0.25) is 0 Å². The predicted molar refractivity (Wildman–Crippen MR) is 79.1 cm³/mol. The van der Waals surface area contributed by atoms with Gasteiger partial charge in [0.1, 0.15) is 0 Å². The lowest BCUT2D eigenvalue weighted by Crippen LogP contribution is -2.45. The third-order valence-corrected chi connectivity index (χ3v) is 3.98. The van der Waals surface area contributed by atoms with E-state index in [4.69, 9.17) is 10.5 Å². The zero-order chi connectivity index (χ0) is 14.0. The second kappa shape index (κ2) is 5.51. The highest BCUT2D eigenvalue weighted by Gasteiger charge is 2.29. The summed E-state index contributed by atoms with van der Waals surface area (Å²) in [7, 11) is 0. The number of carbonyl (C=O) groups is 1. The number of nitrogens with one attached hydrogen (secondary N) is 1. The van der Waals surface area contributed by atoms with E-state index in [-0.39, 0.29) is 17.6 Å². The molecular formula is C14H19BrN2O2. The van der Waals surface area contributed by atoms with Gasteiger partial charge in [0.15, 0.2) is 0 Å². The first kappa shape index (κ1) is 14.3. The van der Waals surface area contributed by atoms with Crippen LogP contribution in [-0.2, 0) is 4.74 Å². The van der Waals surface area contributed by atoms with Crippen LogP contribution >= 0.6 is 15.9 Å². The zero-order valence-electron chi connectivity index (χ0n) is 11.2. The molecule has 0 aromatic heterocycles. The molecule has 4 nitrogen and oxygen atoms in total. The van der Waals surface area contributed by atoms with Gasteiger partial charge in [0.05, 0.1) is 5.60 Å². The number of benzene rings is 1. The number of ether oxygens (including phenoxy) is 1. The molecule has 1 aliphatic heterocycles. The third kappa shape index (κ3) is 3.70. The summed E-state index contributed by atoms with van der Waals surface area (Å²) in [5.41, 5.74) is 6.79. The first-order valence-corrected chi connectivity index (χ1v) is 7.16. The number of rotatable bonds is 2. The van der Waals surface area contributed by atoms with E-state index in [1.54, 1.807) is 18.2 Å². The van der Waals surface area contributed by atoms with Crippen LogP contribution in [0.3, 0.4) is 0 Å². The average molecular weight is 327 g/mol. The molecule has 1 unspecified atom stereocenters. The van der Waals surface area contributed by atoms with Gasteiger partial charge in [-0.25, -0.2) is 0 Å². The molecule has 1 aromatic carbocycles.